The zero-order valence-electron chi connectivity index (χ0n) is 41.3. The van der Waals surface area contributed by atoms with E-state index in [9.17, 15) is 14.4 Å². The molecule has 362 valence electrons. The number of carbonyl (C=O) groups is 3. The van der Waals surface area contributed by atoms with Gasteiger partial charge < -0.3 is 14.2 Å². The third-order valence-electron chi connectivity index (χ3n) is 10.6. The van der Waals surface area contributed by atoms with Gasteiger partial charge in [0.25, 0.3) is 0 Å². The van der Waals surface area contributed by atoms with Crippen LogP contribution in [0.2, 0.25) is 0 Å². The molecule has 0 spiro atoms. The molecular formula is C58H94O6. The van der Waals surface area contributed by atoms with Crippen molar-refractivity contribution in [3.05, 3.63) is 109 Å². The summed E-state index contributed by atoms with van der Waals surface area (Å²) in [6.07, 6.45) is 69.3. The minimum Gasteiger partial charge on any atom is -0.462 e. The molecule has 0 aromatic carbocycles. The van der Waals surface area contributed by atoms with E-state index in [4.69, 9.17) is 14.2 Å². The van der Waals surface area contributed by atoms with E-state index >= 15 is 0 Å². The molecule has 0 heterocycles. The van der Waals surface area contributed by atoms with Gasteiger partial charge in [-0.25, -0.2) is 0 Å². The van der Waals surface area contributed by atoms with Crippen LogP contribution in [0.4, 0.5) is 0 Å². The van der Waals surface area contributed by atoms with Crippen molar-refractivity contribution in [2.75, 3.05) is 13.2 Å². The first-order valence-corrected chi connectivity index (χ1v) is 25.9. The smallest absolute Gasteiger partial charge is 0.306 e. The number of allylic oxidation sites excluding steroid dienone is 18. The Morgan fingerprint density at radius 1 is 0.328 bits per heavy atom. The first kappa shape index (κ1) is 60.1. The van der Waals surface area contributed by atoms with Gasteiger partial charge in [-0.2, -0.15) is 0 Å². The fourth-order valence-electron chi connectivity index (χ4n) is 6.76. The van der Waals surface area contributed by atoms with Crippen LogP contribution in [0.3, 0.4) is 0 Å². The van der Waals surface area contributed by atoms with E-state index in [1.54, 1.807) is 0 Å². The second kappa shape index (κ2) is 51.7. The predicted octanol–water partition coefficient (Wildman–Crippen LogP) is 17.1. The lowest BCUT2D eigenvalue weighted by molar-refractivity contribution is -0.167. The van der Waals surface area contributed by atoms with Gasteiger partial charge >= 0.3 is 17.9 Å². The van der Waals surface area contributed by atoms with E-state index in [2.05, 4.69) is 130 Å². The molecule has 0 radical (unpaired) electrons. The molecule has 0 saturated carbocycles. The summed E-state index contributed by atoms with van der Waals surface area (Å²) in [7, 11) is 0. The molecule has 0 aliphatic heterocycles. The van der Waals surface area contributed by atoms with Crippen LogP contribution in [0.5, 0.6) is 0 Å². The average Bonchev–Trinajstić information content (AvgIpc) is 3.29. The van der Waals surface area contributed by atoms with Crippen molar-refractivity contribution in [2.24, 2.45) is 0 Å². The highest BCUT2D eigenvalue weighted by atomic mass is 16.6. The Bertz CT molecular complexity index is 1340. The van der Waals surface area contributed by atoms with Crippen molar-refractivity contribution in [1.29, 1.82) is 0 Å². The topological polar surface area (TPSA) is 78.9 Å². The molecule has 0 aliphatic rings. The molecule has 64 heavy (non-hydrogen) atoms. The lowest BCUT2D eigenvalue weighted by Crippen LogP contribution is -2.30. The number of esters is 3. The number of ether oxygens (including phenoxy) is 3. The zero-order chi connectivity index (χ0) is 46.5. The molecule has 0 saturated heterocycles. The average molecular weight is 887 g/mol. The summed E-state index contributed by atoms with van der Waals surface area (Å²) in [5.74, 6) is -0.953. The van der Waals surface area contributed by atoms with Crippen LogP contribution in [0, 0.1) is 0 Å². The first-order chi connectivity index (χ1) is 31.5. The monoisotopic (exact) mass is 887 g/mol. The summed E-state index contributed by atoms with van der Waals surface area (Å²) >= 11 is 0. The molecule has 0 aromatic heterocycles. The highest BCUT2D eigenvalue weighted by molar-refractivity contribution is 5.71. The molecular weight excluding hydrogens is 793 g/mol. The van der Waals surface area contributed by atoms with Crippen molar-refractivity contribution in [3.63, 3.8) is 0 Å². The van der Waals surface area contributed by atoms with Crippen molar-refractivity contribution in [2.45, 2.75) is 226 Å². The van der Waals surface area contributed by atoms with Gasteiger partial charge in [0.15, 0.2) is 6.10 Å². The van der Waals surface area contributed by atoms with E-state index in [-0.39, 0.29) is 31.1 Å². The highest BCUT2D eigenvalue weighted by Gasteiger charge is 2.19. The summed E-state index contributed by atoms with van der Waals surface area (Å²) in [5, 5.41) is 0. The second-order valence-electron chi connectivity index (χ2n) is 16.7. The van der Waals surface area contributed by atoms with E-state index in [1.807, 2.05) is 0 Å². The maximum atomic E-state index is 12.8. The number of hydrogen-bond acceptors (Lipinski definition) is 6. The number of hydrogen-bond donors (Lipinski definition) is 0. The third kappa shape index (κ3) is 49.1. The van der Waals surface area contributed by atoms with Crippen LogP contribution in [0.15, 0.2) is 109 Å². The molecule has 6 heteroatoms. The van der Waals surface area contributed by atoms with Gasteiger partial charge in [0.2, 0.25) is 0 Å². The second-order valence-corrected chi connectivity index (χ2v) is 16.7. The molecule has 0 amide bonds. The Hall–Kier alpha value is -3.93. The maximum absolute atomic E-state index is 12.8. The highest BCUT2D eigenvalue weighted by Crippen LogP contribution is 2.14. The molecule has 0 aliphatic carbocycles. The predicted molar refractivity (Wildman–Crippen MR) is 274 cm³/mol. The van der Waals surface area contributed by atoms with E-state index in [0.29, 0.717) is 19.3 Å². The van der Waals surface area contributed by atoms with Crippen LogP contribution in [0.25, 0.3) is 0 Å². The quantitative estimate of drug-likeness (QED) is 0.0199. The van der Waals surface area contributed by atoms with Gasteiger partial charge in [-0.05, 0) is 103 Å². The molecule has 0 aromatic rings. The standard InChI is InChI=1S/C58H94O6/c1-4-7-10-13-16-19-22-25-27-28-29-30-31-34-36-39-42-45-48-51-57(60)63-54-55(53-62-56(59)50-47-44-41-38-35-32-24-21-18-15-12-9-6-3)64-58(61)52-49-46-43-40-37-33-26-23-20-17-14-11-8-5-2/h7-12,15-21,24-27,33,55H,4-6,13-14,22-23,28-32,34-54H2,1-3H3/b10-7-,11-8-,12-9-,18-15-,19-16-,20-17-,24-21-,27-25-,33-26-. The normalized spacial score (nSPS) is 13.0. The minimum absolute atomic E-state index is 0.0989. The van der Waals surface area contributed by atoms with Gasteiger partial charge in [0.05, 0.1) is 0 Å². The van der Waals surface area contributed by atoms with Gasteiger partial charge in [0, 0.05) is 19.3 Å². The Balaban J connectivity index is 4.43. The van der Waals surface area contributed by atoms with Crippen LogP contribution in [0.1, 0.15) is 220 Å². The van der Waals surface area contributed by atoms with Gasteiger partial charge in [-0.15, -0.1) is 0 Å². The van der Waals surface area contributed by atoms with Crippen LogP contribution < -0.4 is 0 Å². The summed E-state index contributed by atoms with van der Waals surface area (Å²) < 4.78 is 16.8. The molecule has 0 fully saturated rings. The molecule has 1 unspecified atom stereocenters. The van der Waals surface area contributed by atoms with Crippen molar-refractivity contribution in [3.8, 4) is 0 Å². The summed E-state index contributed by atoms with van der Waals surface area (Å²) in [4.78, 5) is 38.0. The Morgan fingerprint density at radius 2 is 0.641 bits per heavy atom. The van der Waals surface area contributed by atoms with Crippen LogP contribution >= 0.6 is 0 Å². The van der Waals surface area contributed by atoms with E-state index in [1.165, 1.54) is 44.9 Å². The Morgan fingerprint density at radius 3 is 1.05 bits per heavy atom. The minimum atomic E-state index is -0.802. The van der Waals surface area contributed by atoms with Crippen LogP contribution in [-0.4, -0.2) is 37.2 Å². The lowest BCUT2D eigenvalue weighted by atomic mass is 10.1. The van der Waals surface area contributed by atoms with Crippen molar-refractivity contribution >= 4 is 17.9 Å². The van der Waals surface area contributed by atoms with E-state index < -0.39 is 6.10 Å². The number of unbranched alkanes of at least 4 members (excludes halogenated alkanes) is 18. The summed E-state index contributed by atoms with van der Waals surface area (Å²) in [6, 6.07) is 0. The summed E-state index contributed by atoms with van der Waals surface area (Å²) in [6.45, 7) is 6.23. The number of rotatable bonds is 45. The summed E-state index contributed by atoms with van der Waals surface area (Å²) in [5.41, 5.74) is 0. The third-order valence-corrected chi connectivity index (χ3v) is 10.6. The molecule has 0 bridgehead atoms. The van der Waals surface area contributed by atoms with Crippen molar-refractivity contribution in [1.82, 2.24) is 0 Å². The Labute approximate surface area is 393 Å². The number of carbonyl (C=O) groups excluding carboxylic acids is 3. The Kier molecular flexibility index (Phi) is 48.5. The van der Waals surface area contributed by atoms with Gasteiger partial charge in [-0.1, -0.05) is 207 Å². The molecule has 1 atom stereocenters. The molecule has 6 nitrogen and oxygen atoms in total. The lowest BCUT2D eigenvalue weighted by Gasteiger charge is -2.18. The van der Waals surface area contributed by atoms with Crippen LogP contribution in [-0.2, 0) is 28.6 Å². The van der Waals surface area contributed by atoms with Gasteiger partial charge in [-0.3, -0.25) is 14.4 Å². The molecule has 0 rings (SSSR count). The fraction of sp³-hybridized carbons (Fsp3) is 0.638. The van der Waals surface area contributed by atoms with E-state index in [0.717, 1.165) is 135 Å². The van der Waals surface area contributed by atoms with Crippen molar-refractivity contribution < 1.29 is 28.6 Å². The maximum Gasteiger partial charge on any atom is 0.306 e. The largest absolute Gasteiger partial charge is 0.462 e. The first-order valence-electron chi connectivity index (χ1n) is 25.9. The van der Waals surface area contributed by atoms with Gasteiger partial charge in [0.1, 0.15) is 13.2 Å². The fourth-order valence-corrected chi connectivity index (χ4v) is 6.76. The zero-order valence-corrected chi connectivity index (χ0v) is 41.3. The molecule has 0 N–H and O–H groups in total. The SMILES string of the molecule is CC\C=C/C=C\C=C/CCCCCCCC(=O)OCC(COC(=O)CCCCCCCCCCC/C=C\C/C=C\C/C=C\CC)OC(=O)CCCCCC/C=C\C/C=C\C/C=C\CC.